The number of hydrogen-bond acceptors (Lipinski definition) is 3. The Kier molecular flexibility index (Phi) is 5.63. The zero-order valence-corrected chi connectivity index (χ0v) is 12.9. The van der Waals surface area contributed by atoms with Gasteiger partial charge in [0.25, 0.3) is 5.91 Å². The van der Waals surface area contributed by atoms with Crippen molar-refractivity contribution in [3.05, 3.63) is 33.3 Å². The monoisotopic (exact) mass is 345 g/mol. The van der Waals surface area contributed by atoms with Crippen molar-refractivity contribution in [2.75, 3.05) is 39.3 Å². The van der Waals surface area contributed by atoms with Crippen LogP contribution in [0.15, 0.2) is 22.7 Å². The largest absolute Gasteiger partial charge is 0.351 e. The molecule has 0 spiro atoms. The predicted octanol–water partition coefficient (Wildman–Crippen LogP) is 1.74. The minimum Gasteiger partial charge on any atom is -0.351 e. The van der Waals surface area contributed by atoms with Gasteiger partial charge in [-0.05, 0) is 34.1 Å². The summed E-state index contributed by atoms with van der Waals surface area (Å²) in [6.45, 7) is 5.65. The van der Waals surface area contributed by atoms with Crippen molar-refractivity contribution in [1.29, 1.82) is 0 Å². The van der Waals surface area contributed by atoms with Crippen LogP contribution >= 0.6 is 27.5 Å². The molecule has 0 bridgehead atoms. The van der Waals surface area contributed by atoms with Gasteiger partial charge < -0.3 is 10.6 Å². The highest BCUT2D eigenvalue weighted by Gasteiger charge is 2.12. The van der Waals surface area contributed by atoms with Crippen molar-refractivity contribution >= 4 is 33.4 Å². The number of carbonyl (C=O) groups is 1. The van der Waals surface area contributed by atoms with Gasteiger partial charge in [0, 0.05) is 48.8 Å². The van der Waals surface area contributed by atoms with Crippen molar-refractivity contribution in [1.82, 2.24) is 15.5 Å². The molecule has 0 aromatic heterocycles. The number of nitrogens with zero attached hydrogens (tertiary/aromatic N) is 1. The van der Waals surface area contributed by atoms with E-state index in [0.717, 1.165) is 37.2 Å². The number of hydrogen-bond donors (Lipinski definition) is 2. The number of piperazine rings is 1. The fourth-order valence-corrected chi connectivity index (χ4v) is 2.63. The third-order valence-electron chi connectivity index (χ3n) is 3.10. The molecule has 0 radical (unpaired) electrons. The molecule has 1 amide bonds. The van der Waals surface area contributed by atoms with E-state index >= 15 is 0 Å². The quantitative estimate of drug-likeness (QED) is 0.873. The second-order valence-electron chi connectivity index (χ2n) is 4.47. The Morgan fingerprint density at radius 3 is 2.89 bits per heavy atom. The standard InChI is InChI=1S/C13H17BrClN3O/c14-12-2-1-10(15)9-11(12)13(19)17-5-8-18-6-3-16-4-7-18/h1-2,9,16H,3-8H2,(H,17,19). The Morgan fingerprint density at radius 1 is 1.42 bits per heavy atom. The van der Waals surface area contributed by atoms with E-state index in [4.69, 9.17) is 11.6 Å². The van der Waals surface area contributed by atoms with Crippen LogP contribution in [-0.4, -0.2) is 50.1 Å². The average Bonchev–Trinajstić information content (AvgIpc) is 2.42. The Morgan fingerprint density at radius 2 is 2.16 bits per heavy atom. The van der Waals surface area contributed by atoms with E-state index in [9.17, 15) is 4.79 Å². The summed E-state index contributed by atoms with van der Waals surface area (Å²) in [5, 5.41) is 6.79. The Balaban J connectivity index is 1.82. The van der Waals surface area contributed by atoms with E-state index in [1.54, 1.807) is 18.2 Å². The van der Waals surface area contributed by atoms with Crippen molar-refractivity contribution in [3.8, 4) is 0 Å². The van der Waals surface area contributed by atoms with E-state index < -0.39 is 0 Å². The molecule has 1 aliphatic rings. The lowest BCUT2D eigenvalue weighted by molar-refractivity contribution is 0.0946. The van der Waals surface area contributed by atoms with Crippen LogP contribution in [0.2, 0.25) is 5.02 Å². The number of carbonyl (C=O) groups excluding carboxylic acids is 1. The summed E-state index contributed by atoms with van der Waals surface area (Å²) in [5.41, 5.74) is 0.577. The molecule has 104 valence electrons. The minimum absolute atomic E-state index is 0.0930. The lowest BCUT2D eigenvalue weighted by Crippen LogP contribution is -2.46. The van der Waals surface area contributed by atoms with Crippen molar-refractivity contribution in [2.24, 2.45) is 0 Å². The first-order chi connectivity index (χ1) is 9.16. The highest BCUT2D eigenvalue weighted by molar-refractivity contribution is 9.10. The third-order valence-corrected chi connectivity index (χ3v) is 4.02. The molecule has 2 N–H and O–H groups in total. The molecule has 1 aromatic rings. The van der Waals surface area contributed by atoms with Crippen molar-refractivity contribution in [2.45, 2.75) is 0 Å². The number of rotatable bonds is 4. The molecule has 1 fully saturated rings. The van der Waals surface area contributed by atoms with Gasteiger partial charge in [-0.2, -0.15) is 0 Å². The van der Waals surface area contributed by atoms with Gasteiger partial charge >= 0.3 is 0 Å². The number of nitrogens with one attached hydrogen (secondary N) is 2. The van der Waals surface area contributed by atoms with Gasteiger partial charge in [0.05, 0.1) is 5.56 Å². The number of benzene rings is 1. The molecule has 1 heterocycles. The zero-order valence-electron chi connectivity index (χ0n) is 10.6. The molecule has 1 aromatic carbocycles. The second kappa shape index (κ2) is 7.24. The Bertz CT molecular complexity index is 450. The lowest BCUT2D eigenvalue weighted by Gasteiger charge is -2.27. The van der Waals surface area contributed by atoms with Gasteiger partial charge in [-0.15, -0.1) is 0 Å². The first-order valence-corrected chi connectivity index (χ1v) is 7.50. The summed E-state index contributed by atoms with van der Waals surface area (Å²) in [4.78, 5) is 14.4. The van der Waals surface area contributed by atoms with Crippen LogP contribution in [0, 0.1) is 0 Å². The molecule has 0 unspecified atom stereocenters. The molecular weight excluding hydrogens is 330 g/mol. The molecule has 0 atom stereocenters. The van der Waals surface area contributed by atoms with Crippen LogP contribution in [-0.2, 0) is 0 Å². The molecule has 1 aliphatic heterocycles. The van der Waals surface area contributed by atoms with Crippen LogP contribution in [0.5, 0.6) is 0 Å². The molecule has 1 saturated heterocycles. The molecule has 0 saturated carbocycles. The molecule has 0 aliphatic carbocycles. The van der Waals surface area contributed by atoms with Crippen LogP contribution < -0.4 is 10.6 Å². The topological polar surface area (TPSA) is 44.4 Å². The van der Waals surface area contributed by atoms with Crippen LogP contribution in [0.3, 0.4) is 0 Å². The minimum atomic E-state index is -0.0930. The fraction of sp³-hybridized carbons (Fsp3) is 0.462. The van der Waals surface area contributed by atoms with Gasteiger partial charge in [-0.25, -0.2) is 0 Å². The Hall–Kier alpha value is -0.620. The van der Waals surface area contributed by atoms with E-state index in [0.29, 0.717) is 17.1 Å². The zero-order chi connectivity index (χ0) is 13.7. The highest BCUT2D eigenvalue weighted by atomic mass is 79.9. The SMILES string of the molecule is O=C(NCCN1CCNCC1)c1cc(Cl)ccc1Br. The van der Waals surface area contributed by atoms with Gasteiger partial charge in [-0.3, -0.25) is 9.69 Å². The van der Waals surface area contributed by atoms with Gasteiger partial charge in [-0.1, -0.05) is 11.6 Å². The van der Waals surface area contributed by atoms with Crippen molar-refractivity contribution in [3.63, 3.8) is 0 Å². The maximum atomic E-state index is 12.0. The number of halogens is 2. The lowest BCUT2D eigenvalue weighted by atomic mass is 10.2. The highest BCUT2D eigenvalue weighted by Crippen LogP contribution is 2.20. The second-order valence-corrected chi connectivity index (χ2v) is 5.76. The summed E-state index contributed by atoms with van der Waals surface area (Å²) in [6, 6.07) is 5.21. The van der Waals surface area contributed by atoms with E-state index in [1.165, 1.54) is 0 Å². The molecular formula is C13H17BrClN3O. The summed E-state index contributed by atoms with van der Waals surface area (Å²) >= 11 is 9.26. The summed E-state index contributed by atoms with van der Waals surface area (Å²) in [5.74, 6) is -0.0930. The molecule has 6 heteroatoms. The van der Waals surface area contributed by atoms with Gasteiger partial charge in [0.15, 0.2) is 0 Å². The first-order valence-electron chi connectivity index (χ1n) is 6.33. The van der Waals surface area contributed by atoms with Crippen LogP contribution in [0.25, 0.3) is 0 Å². The van der Waals surface area contributed by atoms with E-state index in [1.807, 2.05) is 0 Å². The maximum absolute atomic E-state index is 12.0. The maximum Gasteiger partial charge on any atom is 0.252 e. The molecule has 2 rings (SSSR count). The van der Waals surface area contributed by atoms with E-state index in [-0.39, 0.29) is 5.91 Å². The van der Waals surface area contributed by atoms with Crippen LogP contribution in [0.4, 0.5) is 0 Å². The summed E-state index contributed by atoms with van der Waals surface area (Å²) in [6.07, 6.45) is 0. The number of amides is 1. The van der Waals surface area contributed by atoms with Crippen LogP contribution in [0.1, 0.15) is 10.4 Å². The molecule has 4 nitrogen and oxygen atoms in total. The Labute approximate surface area is 126 Å². The van der Waals surface area contributed by atoms with E-state index in [2.05, 4.69) is 31.5 Å². The van der Waals surface area contributed by atoms with Crippen molar-refractivity contribution < 1.29 is 4.79 Å². The fourth-order valence-electron chi connectivity index (χ4n) is 2.03. The third kappa shape index (κ3) is 4.45. The normalized spacial score (nSPS) is 16.3. The summed E-state index contributed by atoms with van der Waals surface area (Å²) < 4.78 is 0.761. The first kappa shape index (κ1) is 14.8. The predicted molar refractivity (Wildman–Crippen MR) is 80.8 cm³/mol. The summed E-state index contributed by atoms with van der Waals surface area (Å²) in [7, 11) is 0. The van der Waals surface area contributed by atoms with Gasteiger partial charge in [0.2, 0.25) is 0 Å². The van der Waals surface area contributed by atoms with Gasteiger partial charge in [0.1, 0.15) is 0 Å². The smallest absolute Gasteiger partial charge is 0.252 e. The average molecular weight is 347 g/mol. The molecule has 19 heavy (non-hydrogen) atoms.